The van der Waals surface area contributed by atoms with Gasteiger partial charge in [0.15, 0.2) is 0 Å². The van der Waals surface area contributed by atoms with Crippen molar-refractivity contribution < 1.29 is 4.79 Å². The zero-order valence-electron chi connectivity index (χ0n) is 7.00. The Morgan fingerprint density at radius 1 is 1.73 bits per heavy atom. The third-order valence-corrected chi connectivity index (χ3v) is 2.13. The number of nitrogens with zero attached hydrogens (tertiary/aromatic N) is 1. The Bertz CT molecular complexity index is 160. The smallest absolute Gasteiger partial charge is 0.237 e. The second-order valence-corrected chi connectivity index (χ2v) is 3.07. The van der Waals surface area contributed by atoms with Crippen molar-refractivity contribution in [2.24, 2.45) is 5.73 Å². The van der Waals surface area contributed by atoms with E-state index in [2.05, 4.69) is 5.32 Å². The molecule has 0 aromatic heterocycles. The molecule has 2 atom stereocenters. The van der Waals surface area contributed by atoms with Crippen LogP contribution < -0.4 is 11.1 Å². The van der Waals surface area contributed by atoms with Gasteiger partial charge in [-0.2, -0.15) is 0 Å². The van der Waals surface area contributed by atoms with E-state index >= 15 is 0 Å². The molecule has 0 aromatic rings. The third kappa shape index (κ3) is 1.70. The van der Waals surface area contributed by atoms with Crippen molar-refractivity contribution in [3.05, 3.63) is 0 Å². The van der Waals surface area contributed by atoms with E-state index in [1.807, 2.05) is 11.9 Å². The molecule has 1 unspecified atom stereocenters. The molecular formula is C7H15N3O. The number of rotatable bonds is 1. The van der Waals surface area contributed by atoms with Gasteiger partial charge in [-0.05, 0) is 13.5 Å². The summed E-state index contributed by atoms with van der Waals surface area (Å²) in [4.78, 5) is 13.2. The average Bonchev–Trinajstić information content (AvgIpc) is 2.28. The number of likely N-dealkylation sites (tertiary alicyclic amines) is 1. The lowest BCUT2D eigenvalue weighted by atomic mass is 10.2. The predicted octanol–water partition coefficient (Wildman–Crippen LogP) is -1.24. The van der Waals surface area contributed by atoms with Crippen molar-refractivity contribution in [2.45, 2.75) is 18.5 Å². The minimum Gasteiger partial charge on any atom is -0.358 e. The Hall–Kier alpha value is -0.610. The maximum atomic E-state index is 11.2. The fourth-order valence-electron chi connectivity index (χ4n) is 1.51. The van der Waals surface area contributed by atoms with Crippen LogP contribution in [0, 0.1) is 0 Å². The fourth-order valence-corrected chi connectivity index (χ4v) is 1.51. The molecule has 1 rings (SSSR count). The number of likely N-dealkylation sites (N-methyl/N-ethyl adjacent to an activating group) is 2. The van der Waals surface area contributed by atoms with Crippen molar-refractivity contribution in [3.63, 3.8) is 0 Å². The monoisotopic (exact) mass is 157 g/mol. The summed E-state index contributed by atoms with van der Waals surface area (Å²) in [5.74, 6) is 0.0699. The summed E-state index contributed by atoms with van der Waals surface area (Å²) in [7, 11) is 3.58. The average molecular weight is 157 g/mol. The van der Waals surface area contributed by atoms with Crippen LogP contribution in [0.4, 0.5) is 0 Å². The Labute approximate surface area is 66.7 Å². The van der Waals surface area contributed by atoms with E-state index in [4.69, 9.17) is 5.73 Å². The molecule has 0 aromatic carbocycles. The Kier molecular flexibility index (Phi) is 2.46. The van der Waals surface area contributed by atoms with Crippen LogP contribution in [0.2, 0.25) is 0 Å². The highest BCUT2D eigenvalue weighted by molar-refractivity contribution is 5.81. The lowest BCUT2D eigenvalue weighted by Gasteiger charge is -2.16. The Morgan fingerprint density at radius 3 is 2.73 bits per heavy atom. The molecular weight excluding hydrogens is 142 g/mol. The lowest BCUT2D eigenvalue weighted by molar-refractivity contribution is -0.124. The standard InChI is InChI=1S/C7H15N3O/c1-9-7(11)6-3-5(8)4-10(6)2/h5-6H,3-4,8H2,1-2H3,(H,9,11)/t5?,6-/m0/s1. The second kappa shape index (κ2) is 3.19. The van der Waals surface area contributed by atoms with Crippen molar-refractivity contribution in [3.8, 4) is 0 Å². The number of hydrogen-bond donors (Lipinski definition) is 2. The van der Waals surface area contributed by atoms with Crippen LogP contribution in [0.5, 0.6) is 0 Å². The molecule has 4 heteroatoms. The van der Waals surface area contributed by atoms with Gasteiger partial charge in [-0.1, -0.05) is 0 Å². The number of nitrogens with two attached hydrogens (primary N) is 1. The first-order valence-electron chi connectivity index (χ1n) is 3.82. The SMILES string of the molecule is CNC(=O)[C@@H]1CC(N)CN1C. The van der Waals surface area contributed by atoms with Crippen LogP contribution in [-0.4, -0.2) is 43.5 Å². The minimum absolute atomic E-state index is 0.0185. The second-order valence-electron chi connectivity index (χ2n) is 3.07. The first-order chi connectivity index (χ1) is 5.15. The Morgan fingerprint density at radius 2 is 2.36 bits per heavy atom. The molecule has 1 aliphatic rings. The zero-order valence-corrected chi connectivity index (χ0v) is 7.00. The highest BCUT2D eigenvalue weighted by Gasteiger charge is 2.31. The summed E-state index contributed by atoms with van der Waals surface area (Å²) in [5, 5.41) is 2.62. The normalized spacial score (nSPS) is 32.3. The van der Waals surface area contributed by atoms with E-state index < -0.39 is 0 Å². The number of hydrogen-bond acceptors (Lipinski definition) is 3. The third-order valence-electron chi connectivity index (χ3n) is 2.13. The van der Waals surface area contributed by atoms with Crippen LogP contribution in [0.1, 0.15) is 6.42 Å². The van der Waals surface area contributed by atoms with Gasteiger partial charge in [-0.25, -0.2) is 0 Å². The summed E-state index contributed by atoms with van der Waals surface area (Å²) in [6, 6.07) is 0.136. The molecule has 1 amide bonds. The van der Waals surface area contributed by atoms with Crippen molar-refractivity contribution >= 4 is 5.91 Å². The van der Waals surface area contributed by atoms with Gasteiger partial charge < -0.3 is 11.1 Å². The molecule has 1 heterocycles. The molecule has 1 aliphatic heterocycles. The number of amides is 1. The first-order valence-corrected chi connectivity index (χ1v) is 3.82. The van der Waals surface area contributed by atoms with Gasteiger partial charge in [-0.15, -0.1) is 0 Å². The van der Waals surface area contributed by atoms with E-state index in [0.717, 1.165) is 13.0 Å². The van der Waals surface area contributed by atoms with Gasteiger partial charge in [0.1, 0.15) is 0 Å². The highest BCUT2D eigenvalue weighted by Crippen LogP contribution is 2.13. The van der Waals surface area contributed by atoms with Crippen molar-refractivity contribution in [2.75, 3.05) is 20.6 Å². The summed E-state index contributed by atoms with van der Waals surface area (Å²) >= 11 is 0. The highest BCUT2D eigenvalue weighted by atomic mass is 16.2. The number of carbonyl (C=O) groups excluding carboxylic acids is 1. The van der Waals surface area contributed by atoms with Crippen LogP contribution in [0.25, 0.3) is 0 Å². The summed E-state index contributed by atoms with van der Waals surface area (Å²) in [6.07, 6.45) is 0.774. The topological polar surface area (TPSA) is 58.4 Å². The van der Waals surface area contributed by atoms with Gasteiger partial charge in [-0.3, -0.25) is 9.69 Å². The molecule has 0 aliphatic carbocycles. The maximum absolute atomic E-state index is 11.2. The van der Waals surface area contributed by atoms with Gasteiger partial charge >= 0.3 is 0 Å². The summed E-state index contributed by atoms with van der Waals surface area (Å²) in [5.41, 5.74) is 5.69. The van der Waals surface area contributed by atoms with Gasteiger partial charge in [0.25, 0.3) is 0 Å². The van der Waals surface area contributed by atoms with E-state index in [1.54, 1.807) is 7.05 Å². The quantitative estimate of drug-likeness (QED) is 0.501. The molecule has 3 N–H and O–H groups in total. The van der Waals surface area contributed by atoms with Crippen LogP contribution in [0.3, 0.4) is 0 Å². The lowest BCUT2D eigenvalue weighted by Crippen LogP contribution is -2.39. The Balaban J connectivity index is 2.52. The first kappa shape index (κ1) is 8.49. The number of nitrogens with one attached hydrogen (secondary N) is 1. The minimum atomic E-state index is -0.0185. The summed E-state index contributed by atoms with van der Waals surface area (Å²) < 4.78 is 0. The molecule has 0 spiro atoms. The van der Waals surface area contributed by atoms with Gasteiger partial charge in [0, 0.05) is 19.6 Å². The van der Waals surface area contributed by atoms with E-state index in [9.17, 15) is 4.79 Å². The largest absolute Gasteiger partial charge is 0.358 e. The molecule has 0 bridgehead atoms. The summed E-state index contributed by atoms with van der Waals surface area (Å²) in [6.45, 7) is 0.818. The van der Waals surface area contributed by atoms with Crippen LogP contribution >= 0.6 is 0 Å². The van der Waals surface area contributed by atoms with Crippen LogP contribution in [-0.2, 0) is 4.79 Å². The molecule has 0 saturated carbocycles. The molecule has 1 fully saturated rings. The fraction of sp³-hybridized carbons (Fsp3) is 0.857. The zero-order chi connectivity index (χ0) is 8.43. The van der Waals surface area contributed by atoms with E-state index in [1.165, 1.54) is 0 Å². The number of carbonyl (C=O) groups is 1. The van der Waals surface area contributed by atoms with Gasteiger partial charge in [0.2, 0.25) is 5.91 Å². The predicted molar refractivity (Wildman–Crippen MR) is 43.1 cm³/mol. The molecule has 11 heavy (non-hydrogen) atoms. The van der Waals surface area contributed by atoms with Gasteiger partial charge in [0.05, 0.1) is 6.04 Å². The molecule has 4 nitrogen and oxygen atoms in total. The van der Waals surface area contributed by atoms with Crippen molar-refractivity contribution in [1.82, 2.24) is 10.2 Å². The maximum Gasteiger partial charge on any atom is 0.237 e. The van der Waals surface area contributed by atoms with Crippen molar-refractivity contribution in [1.29, 1.82) is 0 Å². The van der Waals surface area contributed by atoms with E-state index in [-0.39, 0.29) is 18.0 Å². The molecule has 0 radical (unpaired) electrons. The molecule has 64 valence electrons. The van der Waals surface area contributed by atoms with Crippen LogP contribution in [0.15, 0.2) is 0 Å². The van der Waals surface area contributed by atoms with E-state index in [0.29, 0.717) is 0 Å². The molecule has 1 saturated heterocycles.